The first kappa shape index (κ1) is 17.3. The number of nitrogens with one attached hydrogen (secondary N) is 3. The lowest BCUT2D eigenvalue weighted by atomic mass is 10.1. The Kier molecular flexibility index (Phi) is 4.67. The molecule has 0 aliphatic carbocycles. The number of hydrogen-bond acceptors (Lipinski definition) is 1. The van der Waals surface area contributed by atoms with Gasteiger partial charge in [0.15, 0.2) is 5.11 Å². The van der Waals surface area contributed by atoms with E-state index in [9.17, 15) is 13.2 Å². The fourth-order valence-corrected chi connectivity index (χ4v) is 2.76. The van der Waals surface area contributed by atoms with E-state index in [4.69, 9.17) is 12.2 Å². The van der Waals surface area contributed by atoms with Crippen molar-refractivity contribution >= 4 is 33.9 Å². The molecule has 1 heterocycles. The smallest absolute Gasteiger partial charge is 0.359 e. The van der Waals surface area contributed by atoms with Gasteiger partial charge in [-0.1, -0.05) is 12.1 Å². The molecule has 7 heteroatoms. The van der Waals surface area contributed by atoms with Gasteiger partial charge in [-0.2, -0.15) is 13.2 Å². The van der Waals surface area contributed by atoms with Gasteiger partial charge < -0.3 is 15.6 Å². The van der Waals surface area contributed by atoms with Crippen LogP contribution in [0.5, 0.6) is 0 Å². The molecule has 0 amide bonds. The van der Waals surface area contributed by atoms with E-state index in [1.807, 2.05) is 25.1 Å². The first-order valence-corrected chi connectivity index (χ1v) is 8.02. The van der Waals surface area contributed by atoms with Crippen LogP contribution in [0.4, 0.5) is 18.9 Å². The lowest BCUT2D eigenvalue weighted by molar-refractivity contribution is -0.137. The maximum atomic E-state index is 12.7. The Bertz CT molecular complexity index is 915. The maximum absolute atomic E-state index is 12.7. The van der Waals surface area contributed by atoms with Gasteiger partial charge in [0, 0.05) is 23.4 Å². The third-order valence-corrected chi connectivity index (χ3v) is 3.97. The van der Waals surface area contributed by atoms with Gasteiger partial charge in [0.2, 0.25) is 0 Å². The highest BCUT2D eigenvalue weighted by Crippen LogP contribution is 2.30. The fraction of sp³-hybridized carbons (Fsp3) is 0.167. The number of aromatic amines is 1. The van der Waals surface area contributed by atoms with Gasteiger partial charge in [-0.25, -0.2) is 0 Å². The molecule has 3 rings (SSSR count). The number of anilines is 1. The van der Waals surface area contributed by atoms with E-state index in [0.717, 1.165) is 34.3 Å². The molecule has 130 valence electrons. The van der Waals surface area contributed by atoms with E-state index >= 15 is 0 Å². The zero-order valence-electron chi connectivity index (χ0n) is 13.4. The number of rotatable bonds is 3. The number of aryl methyl sites for hydroxylation is 1. The average molecular weight is 363 g/mol. The molecule has 1 aromatic heterocycles. The SMILES string of the molecule is Cc1cc2cc(CNC(=S)Nc3cccc(C(F)(F)F)c3)ccc2[nH]1. The van der Waals surface area contributed by atoms with Crippen molar-refractivity contribution in [2.75, 3.05) is 5.32 Å². The zero-order valence-corrected chi connectivity index (χ0v) is 14.2. The van der Waals surface area contributed by atoms with E-state index in [1.165, 1.54) is 12.1 Å². The van der Waals surface area contributed by atoms with Crippen molar-refractivity contribution in [1.29, 1.82) is 0 Å². The Morgan fingerprint density at radius 3 is 2.68 bits per heavy atom. The predicted octanol–water partition coefficient (Wildman–Crippen LogP) is 4.98. The van der Waals surface area contributed by atoms with Crippen molar-refractivity contribution in [3.63, 3.8) is 0 Å². The number of hydrogen-bond donors (Lipinski definition) is 3. The number of H-pyrrole nitrogens is 1. The van der Waals surface area contributed by atoms with Crippen LogP contribution in [0.3, 0.4) is 0 Å². The van der Waals surface area contributed by atoms with E-state index in [0.29, 0.717) is 12.2 Å². The van der Waals surface area contributed by atoms with E-state index in [2.05, 4.69) is 21.7 Å². The van der Waals surface area contributed by atoms with Gasteiger partial charge >= 0.3 is 6.18 Å². The van der Waals surface area contributed by atoms with Crippen LogP contribution in [0.2, 0.25) is 0 Å². The normalized spacial score (nSPS) is 11.5. The molecule has 0 spiro atoms. The maximum Gasteiger partial charge on any atom is 0.416 e. The average Bonchev–Trinajstić information content (AvgIpc) is 2.91. The monoisotopic (exact) mass is 363 g/mol. The number of alkyl halides is 3. The third-order valence-electron chi connectivity index (χ3n) is 3.72. The summed E-state index contributed by atoms with van der Waals surface area (Å²) in [5, 5.41) is 7.16. The highest BCUT2D eigenvalue weighted by Gasteiger charge is 2.30. The summed E-state index contributed by atoms with van der Waals surface area (Å²) in [5.41, 5.74) is 2.75. The summed E-state index contributed by atoms with van der Waals surface area (Å²) in [6, 6.07) is 13.0. The molecule has 0 unspecified atom stereocenters. The molecule has 0 fully saturated rings. The molecule has 2 aromatic carbocycles. The molecular formula is C18H16F3N3S. The summed E-state index contributed by atoms with van der Waals surface area (Å²) in [6.45, 7) is 2.47. The standard InChI is InChI=1S/C18H16F3N3S/c1-11-7-13-8-12(5-6-16(13)23-11)10-22-17(25)24-15-4-2-3-14(9-15)18(19,20)21/h2-9,23H,10H2,1H3,(H2,22,24,25). The minimum Gasteiger partial charge on any atom is -0.359 e. The molecule has 0 saturated heterocycles. The van der Waals surface area contributed by atoms with Crippen LogP contribution in [0.1, 0.15) is 16.8 Å². The molecule has 3 nitrogen and oxygen atoms in total. The van der Waals surface area contributed by atoms with Crippen molar-refractivity contribution in [3.05, 3.63) is 65.4 Å². The number of halogens is 3. The van der Waals surface area contributed by atoms with Crippen LogP contribution in [-0.4, -0.2) is 10.1 Å². The summed E-state index contributed by atoms with van der Waals surface area (Å²) < 4.78 is 38.2. The van der Waals surface area contributed by atoms with Crippen LogP contribution in [-0.2, 0) is 12.7 Å². The number of benzene rings is 2. The summed E-state index contributed by atoms with van der Waals surface area (Å²) in [7, 11) is 0. The van der Waals surface area contributed by atoms with Crippen molar-refractivity contribution < 1.29 is 13.2 Å². The quantitative estimate of drug-likeness (QED) is 0.575. The molecule has 0 radical (unpaired) electrons. The third kappa shape index (κ3) is 4.30. The van der Waals surface area contributed by atoms with Crippen LogP contribution < -0.4 is 10.6 Å². The van der Waals surface area contributed by atoms with Crippen molar-refractivity contribution in [2.45, 2.75) is 19.6 Å². The Morgan fingerprint density at radius 2 is 1.92 bits per heavy atom. The van der Waals surface area contributed by atoms with Crippen LogP contribution in [0.25, 0.3) is 10.9 Å². The summed E-state index contributed by atoms with van der Waals surface area (Å²) >= 11 is 5.16. The van der Waals surface area contributed by atoms with Gasteiger partial charge in [0.1, 0.15) is 0 Å². The van der Waals surface area contributed by atoms with Crippen molar-refractivity contribution in [1.82, 2.24) is 10.3 Å². The Balaban J connectivity index is 1.62. The van der Waals surface area contributed by atoms with Gasteiger partial charge in [-0.3, -0.25) is 0 Å². The molecule has 0 aliphatic rings. The second-order valence-electron chi connectivity index (χ2n) is 5.76. The van der Waals surface area contributed by atoms with Gasteiger partial charge in [0.05, 0.1) is 5.56 Å². The van der Waals surface area contributed by atoms with Crippen LogP contribution in [0.15, 0.2) is 48.5 Å². The second kappa shape index (κ2) is 6.76. The van der Waals surface area contributed by atoms with E-state index < -0.39 is 11.7 Å². The molecule has 0 bridgehead atoms. The van der Waals surface area contributed by atoms with Crippen LogP contribution >= 0.6 is 12.2 Å². The number of fused-ring (bicyclic) bond motifs is 1. The highest BCUT2D eigenvalue weighted by molar-refractivity contribution is 7.80. The van der Waals surface area contributed by atoms with E-state index in [1.54, 1.807) is 0 Å². The van der Waals surface area contributed by atoms with Gasteiger partial charge in [-0.05, 0) is 66.5 Å². The largest absolute Gasteiger partial charge is 0.416 e. The van der Waals surface area contributed by atoms with Gasteiger partial charge in [-0.15, -0.1) is 0 Å². The summed E-state index contributed by atoms with van der Waals surface area (Å²) in [4.78, 5) is 3.25. The Hall–Kier alpha value is -2.54. The Labute approximate surface area is 148 Å². The van der Waals surface area contributed by atoms with Crippen molar-refractivity contribution in [2.24, 2.45) is 0 Å². The lowest BCUT2D eigenvalue weighted by Crippen LogP contribution is -2.28. The highest BCUT2D eigenvalue weighted by atomic mass is 32.1. The minimum atomic E-state index is -4.38. The number of thiocarbonyl (C=S) groups is 1. The second-order valence-corrected chi connectivity index (χ2v) is 6.17. The summed E-state index contributed by atoms with van der Waals surface area (Å²) in [6.07, 6.45) is -4.38. The topological polar surface area (TPSA) is 39.8 Å². The van der Waals surface area contributed by atoms with E-state index in [-0.39, 0.29) is 5.11 Å². The predicted molar refractivity (Wildman–Crippen MR) is 97.5 cm³/mol. The van der Waals surface area contributed by atoms with Gasteiger partial charge in [0.25, 0.3) is 0 Å². The summed E-state index contributed by atoms with van der Waals surface area (Å²) in [5.74, 6) is 0. The molecule has 0 saturated carbocycles. The molecular weight excluding hydrogens is 347 g/mol. The van der Waals surface area contributed by atoms with Crippen molar-refractivity contribution in [3.8, 4) is 0 Å². The first-order valence-electron chi connectivity index (χ1n) is 7.61. The molecule has 0 aliphatic heterocycles. The lowest BCUT2D eigenvalue weighted by Gasteiger charge is -2.13. The van der Waals surface area contributed by atoms with Crippen LogP contribution in [0, 0.1) is 6.92 Å². The fourth-order valence-electron chi connectivity index (χ4n) is 2.57. The Morgan fingerprint density at radius 1 is 1.12 bits per heavy atom. The zero-order chi connectivity index (χ0) is 18.0. The molecule has 3 N–H and O–H groups in total. The minimum absolute atomic E-state index is 0.268. The molecule has 3 aromatic rings. The molecule has 0 atom stereocenters. The number of aromatic nitrogens is 1. The first-order chi connectivity index (χ1) is 11.8. The molecule has 25 heavy (non-hydrogen) atoms.